The fraction of sp³-hybridized carbons (Fsp3) is 0.400. The Morgan fingerprint density at radius 1 is 1.10 bits per heavy atom. The molecule has 10 nitrogen and oxygen atoms in total. The van der Waals surface area contributed by atoms with Crippen molar-refractivity contribution >= 4 is 21.7 Å². The molecule has 0 saturated carbocycles. The summed E-state index contributed by atoms with van der Waals surface area (Å²) in [6.45, 7) is 6.24. The van der Waals surface area contributed by atoms with Gasteiger partial charge in [0.05, 0.1) is 32.3 Å². The zero-order chi connectivity index (χ0) is 30.0. The number of aliphatic hydroxyl groups excluding tert-OH is 1. The Bertz CT molecular complexity index is 1240. The molecule has 218 valence electrons. The van der Waals surface area contributed by atoms with Gasteiger partial charge >= 0.3 is 12.1 Å². The second-order valence-corrected chi connectivity index (χ2v) is 10.4. The summed E-state index contributed by atoms with van der Waals surface area (Å²) in [4.78, 5) is 8.90. The molecule has 0 aromatic heterocycles. The fourth-order valence-electron chi connectivity index (χ4n) is 3.34. The summed E-state index contributed by atoms with van der Waals surface area (Å²) in [7, 11) is -0.370. The number of carboxylic acids is 1. The van der Waals surface area contributed by atoms with Gasteiger partial charge in [0.1, 0.15) is 5.75 Å². The van der Waals surface area contributed by atoms with Crippen molar-refractivity contribution in [3.63, 3.8) is 0 Å². The molecule has 2 rings (SSSR count). The Labute approximate surface area is 225 Å². The van der Waals surface area contributed by atoms with Crippen LogP contribution in [0.25, 0.3) is 0 Å². The summed E-state index contributed by atoms with van der Waals surface area (Å²) in [6.07, 6.45) is -3.87. The molecule has 0 saturated heterocycles. The Hall–Kier alpha value is -3.49. The Morgan fingerprint density at radius 3 is 2.18 bits per heavy atom. The van der Waals surface area contributed by atoms with Crippen LogP contribution in [0.3, 0.4) is 0 Å². The van der Waals surface area contributed by atoms with Crippen molar-refractivity contribution in [2.75, 3.05) is 31.7 Å². The van der Waals surface area contributed by atoms with Gasteiger partial charge in [-0.25, -0.2) is 13.2 Å². The van der Waals surface area contributed by atoms with Gasteiger partial charge < -0.3 is 30.1 Å². The molecule has 0 heterocycles. The highest BCUT2D eigenvalue weighted by Crippen LogP contribution is 2.32. The number of phenols is 1. The number of hydrogen-bond donors (Lipinski definition) is 5. The van der Waals surface area contributed by atoms with Crippen LogP contribution in [0.4, 0.5) is 18.9 Å². The van der Waals surface area contributed by atoms with Gasteiger partial charge in [-0.2, -0.15) is 13.2 Å². The molecule has 2 aromatic carbocycles. The van der Waals surface area contributed by atoms with Gasteiger partial charge in [-0.15, -0.1) is 6.58 Å². The number of phenolic OH excluding ortho intramolecular Hbond substituents is 1. The zero-order valence-corrected chi connectivity index (χ0v) is 22.7. The van der Waals surface area contributed by atoms with E-state index < -0.39 is 28.3 Å². The molecule has 0 fully saturated rings. The van der Waals surface area contributed by atoms with Crippen molar-refractivity contribution in [3.8, 4) is 17.2 Å². The molecule has 1 unspecified atom stereocenters. The van der Waals surface area contributed by atoms with Crippen LogP contribution in [0.5, 0.6) is 17.2 Å². The van der Waals surface area contributed by atoms with Gasteiger partial charge in [-0.1, -0.05) is 17.7 Å². The summed E-state index contributed by atoms with van der Waals surface area (Å²) in [5, 5.41) is 30.9. The molecular formula is C25H33F3N2O8S. The molecule has 5 N–H and O–H groups in total. The first kappa shape index (κ1) is 33.5. The number of benzene rings is 2. The van der Waals surface area contributed by atoms with Gasteiger partial charge in [0.2, 0.25) is 10.0 Å². The molecule has 0 amide bonds. The van der Waals surface area contributed by atoms with Crippen molar-refractivity contribution in [2.24, 2.45) is 0 Å². The maximum absolute atomic E-state index is 11.5. The smallest absolute Gasteiger partial charge is 0.490 e. The first-order valence-corrected chi connectivity index (χ1v) is 13.2. The van der Waals surface area contributed by atoms with Crippen molar-refractivity contribution in [1.82, 2.24) is 5.32 Å². The number of halogens is 3. The number of anilines is 1. The van der Waals surface area contributed by atoms with Crippen molar-refractivity contribution < 1.29 is 51.2 Å². The standard InChI is InChI=1S/C23H32N2O6S.C2HF3O2/c1-15(2)10-19(17-7-9-22(30-3)23(13-17)31-4)24-14-18(26)11-16-6-8-21(27)20(12-16)25-32(5,28)29;3-2(4,5)1(6)7/h6-9,12-13,18-19,24-27H,1,10-11,14H2,2-5H3;(H,6,7)/t18-,19?;/m0./s1. The molecule has 39 heavy (non-hydrogen) atoms. The lowest BCUT2D eigenvalue weighted by Crippen LogP contribution is -2.32. The first-order chi connectivity index (χ1) is 18.0. The lowest BCUT2D eigenvalue weighted by Gasteiger charge is -2.23. The van der Waals surface area contributed by atoms with Gasteiger partial charge in [-0.3, -0.25) is 4.72 Å². The molecule has 0 bridgehead atoms. The molecule has 0 radical (unpaired) electrons. The predicted octanol–water partition coefficient (Wildman–Crippen LogP) is 3.61. The summed E-state index contributed by atoms with van der Waals surface area (Å²) < 4.78 is 67.6. The topological polar surface area (TPSA) is 154 Å². The molecule has 0 aliphatic rings. The van der Waals surface area contributed by atoms with Crippen molar-refractivity contribution in [3.05, 3.63) is 59.7 Å². The van der Waals surface area contributed by atoms with Gasteiger partial charge in [-0.05, 0) is 55.2 Å². The fourth-order valence-corrected chi connectivity index (χ4v) is 3.90. The van der Waals surface area contributed by atoms with E-state index in [9.17, 15) is 31.8 Å². The number of carbonyl (C=O) groups is 1. The van der Waals surface area contributed by atoms with E-state index in [1.807, 2.05) is 25.1 Å². The van der Waals surface area contributed by atoms with E-state index in [0.29, 0.717) is 30.0 Å². The van der Waals surface area contributed by atoms with E-state index in [0.717, 1.165) is 17.4 Å². The quantitative estimate of drug-likeness (QED) is 0.188. The van der Waals surface area contributed by atoms with E-state index in [2.05, 4.69) is 16.6 Å². The normalized spacial score (nSPS) is 12.9. The monoisotopic (exact) mass is 578 g/mol. The Kier molecular flexibility index (Phi) is 12.6. The van der Waals surface area contributed by atoms with E-state index in [1.54, 1.807) is 20.3 Å². The van der Waals surface area contributed by atoms with Gasteiger partial charge in [0.25, 0.3) is 0 Å². The van der Waals surface area contributed by atoms with Crippen LogP contribution < -0.4 is 19.5 Å². The SMILES string of the molecule is C=C(C)CC(NC[C@@H](O)Cc1ccc(O)c(NS(C)(=O)=O)c1)c1ccc(OC)c(OC)c1.O=C(O)C(F)(F)F. The third kappa shape index (κ3) is 12.3. The molecule has 2 atom stereocenters. The van der Waals surface area contributed by atoms with E-state index in [1.165, 1.54) is 12.1 Å². The summed E-state index contributed by atoms with van der Waals surface area (Å²) in [6, 6.07) is 10.1. The predicted molar refractivity (Wildman–Crippen MR) is 140 cm³/mol. The number of alkyl halides is 3. The Balaban J connectivity index is 0.000000956. The summed E-state index contributed by atoms with van der Waals surface area (Å²) in [5.41, 5.74) is 2.73. The van der Waals surface area contributed by atoms with E-state index >= 15 is 0 Å². The Morgan fingerprint density at radius 2 is 1.69 bits per heavy atom. The number of sulfonamides is 1. The molecule has 2 aromatic rings. The second-order valence-electron chi connectivity index (χ2n) is 8.62. The lowest BCUT2D eigenvalue weighted by molar-refractivity contribution is -0.192. The van der Waals surface area contributed by atoms with Gasteiger partial charge in [0, 0.05) is 12.6 Å². The summed E-state index contributed by atoms with van der Waals surface area (Å²) >= 11 is 0. The van der Waals surface area contributed by atoms with E-state index in [-0.39, 0.29) is 23.9 Å². The van der Waals surface area contributed by atoms with Crippen LogP contribution in [0.2, 0.25) is 0 Å². The third-order valence-electron chi connectivity index (χ3n) is 5.03. The number of hydrogen-bond acceptors (Lipinski definition) is 8. The summed E-state index contributed by atoms with van der Waals surface area (Å²) in [5.74, 6) is -1.68. The average Bonchev–Trinajstić information content (AvgIpc) is 2.82. The number of ether oxygens (including phenoxy) is 2. The maximum atomic E-state index is 11.5. The average molecular weight is 579 g/mol. The highest BCUT2D eigenvalue weighted by atomic mass is 32.2. The highest BCUT2D eigenvalue weighted by molar-refractivity contribution is 7.92. The number of aliphatic carboxylic acids is 1. The lowest BCUT2D eigenvalue weighted by atomic mass is 9.99. The van der Waals surface area contributed by atoms with Gasteiger partial charge in [0.15, 0.2) is 11.5 Å². The third-order valence-corrected chi connectivity index (χ3v) is 5.62. The minimum absolute atomic E-state index is 0.0793. The maximum Gasteiger partial charge on any atom is 0.490 e. The zero-order valence-electron chi connectivity index (χ0n) is 21.9. The van der Waals surface area contributed by atoms with Crippen molar-refractivity contribution in [2.45, 2.75) is 38.1 Å². The van der Waals surface area contributed by atoms with Crippen LogP contribution in [0, 0.1) is 0 Å². The minimum atomic E-state index is -5.08. The number of aliphatic hydroxyl groups is 1. The van der Waals surface area contributed by atoms with E-state index in [4.69, 9.17) is 19.4 Å². The molecular weight excluding hydrogens is 545 g/mol. The number of aromatic hydroxyl groups is 1. The first-order valence-electron chi connectivity index (χ1n) is 11.3. The van der Waals surface area contributed by atoms with Crippen LogP contribution in [0.15, 0.2) is 48.6 Å². The van der Waals surface area contributed by atoms with Crippen LogP contribution in [-0.2, 0) is 21.2 Å². The minimum Gasteiger partial charge on any atom is -0.506 e. The van der Waals surface area contributed by atoms with Crippen LogP contribution >= 0.6 is 0 Å². The van der Waals surface area contributed by atoms with Crippen LogP contribution in [0.1, 0.15) is 30.5 Å². The number of nitrogens with one attached hydrogen (secondary N) is 2. The highest BCUT2D eigenvalue weighted by Gasteiger charge is 2.38. The number of carboxylic acid groups (broad SMARTS) is 1. The van der Waals surface area contributed by atoms with Crippen molar-refractivity contribution in [1.29, 1.82) is 0 Å². The largest absolute Gasteiger partial charge is 0.506 e. The molecule has 14 heteroatoms. The molecule has 0 aliphatic carbocycles. The van der Waals surface area contributed by atoms with Crippen LogP contribution in [-0.4, -0.2) is 69.0 Å². The molecule has 0 aliphatic heterocycles. The number of methoxy groups -OCH3 is 2. The molecule has 0 spiro atoms. The second kappa shape index (κ2) is 14.6. The number of rotatable bonds is 12.